The fraction of sp³-hybridized carbons (Fsp3) is 0.417. The summed E-state index contributed by atoms with van der Waals surface area (Å²) in [7, 11) is 0. The molecule has 2 aromatic rings. The summed E-state index contributed by atoms with van der Waals surface area (Å²) in [4.78, 5) is 28.0. The molecule has 0 spiro atoms. The summed E-state index contributed by atoms with van der Waals surface area (Å²) in [5.74, 6) is -1.22. The van der Waals surface area contributed by atoms with Crippen molar-refractivity contribution >= 4 is 46.6 Å². The average Bonchev–Trinajstić information content (AvgIpc) is 3.25. The highest BCUT2D eigenvalue weighted by atomic mass is 35.5. The topological polar surface area (TPSA) is 49.4 Å². The van der Waals surface area contributed by atoms with E-state index in [2.05, 4.69) is 5.32 Å². The normalized spacial score (nSPS) is 14.9. The van der Waals surface area contributed by atoms with Crippen LogP contribution in [0.25, 0.3) is 0 Å². The molecule has 32 heavy (non-hydrogen) atoms. The van der Waals surface area contributed by atoms with E-state index in [9.17, 15) is 14.0 Å². The van der Waals surface area contributed by atoms with E-state index in [4.69, 9.17) is 34.8 Å². The fourth-order valence-electron chi connectivity index (χ4n) is 4.09. The van der Waals surface area contributed by atoms with Gasteiger partial charge in [0, 0.05) is 38.8 Å². The van der Waals surface area contributed by atoms with Crippen LogP contribution in [-0.4, -0.2) is 28.8 Å². The third-order valence-electron chi connectivity index (χ3n) is 5.87. The maximum Gasteiger partial charge on any atom is 0.243 e. The zero-order chi connectivity index (χ0) is 23.3. The lowest BCUT2D eigenvalue weighted by molar-refractivity contribution is -0.141. The van der Waals surface area contributed by atoms with Gasteiger partial charge in [-0.05, 0) is 43.5 Å². The molecule has 4 nitrogen and oxygen atoms in total. The standard InChI is InChI=1S/C24H26Cl3FN2O2/c1-2-22(24(32)29-15-7-3-4-8-15)30(14-17-19(26)9-5-10-20(17)27)23(31)13-16-18(25)11-6-12-21(16)28/h5-6,9-12,15,22H,2-4,7-8,13-14H2,1H3,(H,29,32)/t22-/m0/s1. The van der Waals surface area contributed by atoms with Gasteiger partial charge in [0.05, 0.1) is 6.42 Å². The molecule has 0 saturated heterocycles. The van der Waals surface area contributed by atoms with E-state index in [0.29, 0.717) is 22.0 Å². The molecule has 172 valence electrons. The van der Waals surface area contributed by atoms with E-state index in [-0.39, 0.29) is 35.5 Å². The van der Waals surface area contributed by atoms with Crippen molar-refractivity contribution in [2.45, 2.75) is 64.1 Å². The number of hydrogen-bond donors (Lipinski definition) is 1. The molecule has 0 heterocycles. The second kappa shape index (κ2) is 11.4. The van der Waals surface area contributed by atoms with E-state index in [1.54, 1.807) is 18.2 Å². The van der Waals surface area contributed by atoms with Crippen LogP contribution >= 0.6 is 34.8 Å². The molecule has 1 aliphatic carbocycles. The van der Waals surface area contributed by atoms with Gasteiger partial charge in [0.1, 0.15) is 11.9 Å². The van der Waals surface area contributed by atoms with Crippen molar-refractivity contribution in [3.8, 4) is 0 Å². The second-order valence-corrected chi connectivity index (χ2v) is 9.23. The van der Waals surface area contributed by atoms with Crippen LogP contribution in [0.15, 0.2) is 36.4 Å². The highest BCUT2D eigenvalue weighted by Crippen LogP contribution is 2.28. The van der Waals surface area contributed by atoms with Crippen LogP contribution in [-0.2, 0) is 22.6 Å². The number of carbonyl (C=O) groups is 2. The van der Waals surface area contributed by atoms with Crippen LogP contribution in [0.5, 0.6) is 0 Å². The Morgan fingerprint density at radius 3 is 2.16 bits per heavy atom. The lowest BCUT2D eigenvalue weighted by Crippen LogP contribution is -2.51. The van der Waals surface area contributed by atoms with Gasteiger partial charge in [0.25, 0.3) is 0 Å². The van der Waals surface area contributed by atoms with Crippen molar-refractivity contribution in [1.29, 1.82) is 0 Å². The van der Waals surface area contributed by atoms with E-state index >= 15 is 0 Å². The number of benzene rings is 2. The number of nitrogens with zero attached hydrogens (tertiary/aromatic N) is 1. The molecule has 2 aromatic carbocycles. The Bertz CT molecular complexity index is 939. The van der Waals surface area contributed by atoms with Gasteiger partial charge >= 0.3 is 0 Å². The molecule has 0 aromatic heterocycles. The number of halogens is 4. The van der Waals surface area contributed by atoms with Gasteiger partial charge in [-0.3, -0.25) is 9.59 Å². The summed E-state index contributed by atoms with van der Waals surface area (Å²) in [5.41, 5.74) is 0.636. The minimum Gasteiger partial charge on any atom is -0.352 e. The summed E-state index contributed by atoms with van der Waals surface area (Å²) < 4.78 is 14.4. The van der Waals surface area contributed by atoms with Gasteiger partial charge in [-0.2, -0.15) is 0 Å². The molecule has 1 N–H and O–H groups in total. The molecule has 1 aliphatic rings. The summed E-state index contributed by atoms with van der Waals surface area (Å²) in [6.07, 6.45) is 4.11. The lowest BCUT2D eigenvalue weighted by Gasteiger charge is -2.32. The Morgan fingerprint density at radius 2 is 1.59 bits per heavy atom. The minimum atomic E-state index is -0.749. The second-order valence-electron chi connectivity index (χ2n) is 8.01. The highest BCUT2D eigenvalue weighted by molar-refractivity contribution is 6.36. The molecule has 1 atom stereocenters. The van der Waals surface area contributed by atoms with E-state index in [0.717, 1.165) is 25.7 Å². The first-order chi connectivity index (χ1) is 15.3. The molecule has 0 aliphatic heterocycles. The van der Waals surface area contributed by atoms with Gasteiger partial charge in [-0.1, -0.05) is 66.7 Å². The third-order valence-corrected chi connectivity index (χ3v) is 6.93. The summed E-state index contributed by atoms with van der Waals surface area (Å²) >= 11 is 18.8. The summed E-state index contributed by atoms with van der Waals surface area (Å²) in [5, 5.41) is 4.02. The molecule has 8 heteroatoms. The predicted molar refractivity (Wildman–Crippen MR) is 127 cm³/mol. The lowest BCUT2D eigenvalue weighted by atomic mass is 10.1. The van der Waals surface area contributed by atoms with Crippen LogP contribution < -0.4 is 5.32 Å². The maximum atomic E-state index is 14.4. The number of rotatable bonds is 8. The monoisotopic (exact) mass is 498 g/mol. The highest BCUT2D eigenvalue weighted by Gasteiger charge is 2.32. The van der Waals surface area contributed by atoms with Crippen LogP contribution in [0.3, 0.4) is 0 Å². The molecule has 0 bridgehead atoms. The molecule has 1 saturated carbocycles. The predicted octanol–water partition coefficient (Wildman–Crippen LogP) is 6.19. The minimum absolute atomic E-state index is 0.0278. The SMILES string of the molecule is CC[C@@H](C(=O)NC1CCCC1)N(Cc1c(Cl)cccc1Cl)C(=O)Cc1c(F)cccc1Cl. The average molecular weight is 500 g/mol. The van der Waals surface area contributed by atoms with Crippen molar-refractivity contribution < 1.29 is 14.0 Å². The zero-order valence-corrected chi connectivity index (χ0v) is 20.1. The number of nitrogens with one attached hydrogen (secondary N) is 1. The van der Waals surface area contributed by atoms with Crippen LogP contribution in [0.4, 0.5) is 4.39 Å². The molecule has 1 fully saturated rings. The molecular formula is C24H26Cl3FN2O2. The Morgan fingerprint density at radius 1 is 1.03 bits per heavy atom. The van der Waals surface area contributed by atoms with Crippen LogP contribution in [0.2, 0.25) is 15.1 Å². The van der Waals surface area contributed by atoms with E-state index < -0.39 is 17.8 Å². The van der Waals surface area contributed by atoms with Crippen molar-refractivity contribution in [3.63, 3.8) is 0 Å². The first-order valence-electron chi connectivity index (χ1n) is 10.8. The van der Waals surface area contributed by atoms with Gasteiger partial charge in [0.2, 0.25) is 11.8 Å². The Hall–Kier alpha value is -1.82. The van der Waals surface area contributed by atoms with Crippen molar-refractivity contribution in [3.05, 3.63) is 68.4 Å². The van der Waals surface area contributed by atoms with Gasteiger partial charge in [-0.15, -0.1) is 0 Å². The number of hydrogen-bond acceptors (Lipinski definition) is 2. The summed E-state index contributed by atoms with van der Waals surface area (Å²) in [6.45, 7) is 1.86. The summed E-state index contributed by atoms with van der Waals surface area (Å²) in [6, 6.07) is 8.71. The quantitative estimate of drug-likeness (QED) is 0.470. The van der Waals surface area contributed by atoms with Crippen molar-refractivity contribution in [2.24, 2.45) is 0 Å². The van der Waals surface area contributed by atoms with Crippen LogP contribution in [0, 0.1) is 5.82 Å². The number of carbonyl (C=O) groups excluding carboxylic acids is 2. The van der Waals surface area contributed by atoms with Gasteiger partial charge in [-0.25, -0.2) is 4.39 Å². The first kappa shape index (κ1) is 24.8. The molecular weight excluding hydrogens is 474 g/mol. The van der Waals surface area contributed by atoms with Crippen molar-refractivity contribution in [1.82, 2.24) is 10.2 Å². The first-order valence-corrected chi connectivity index (χ1v) is 11.9. The van der Waals surface area contributed by atoms with Crippen molar-refractivity contribution in [2.75, 3.05) is 0 Å². The molecule has 2 amide bonds. The molecule has 3 rings (SSSR count). The Balaban J connectivity index is 1.91. The Labute approximate surface area is 203 Å². The van der Waals surface area contributed by atoms with Crippen LogP contribution in [0.1, 0.15) is 50.2 Å². The fourth-order valence-corrected chi connectivity index (χ4v) is 4.84. The number of amides is 2. The third kappa shape index (κ3) is 5.94. The van der Waals surface area contributed by atoms with E-state index in [1.807, 2.05) is 6.92 Å². The van der Waals surface area contributed by atoms with Gasteiger partial charge in [0.15, 0.2) is 0 Å². The zero-order valence-electron chi connectivity index (χ0n) is 17.8. The maximum absolute atomic E-state index is 14.4. The largest absolute Gasteiger partial charge is 0.352 e. The van der Waals surface area contributed by atoms with E-state index in [1.165, 1.54) is 23.1 Å². The smallest absolute Gasteiger partial charge is 0.243 e. The Kier molecular flexibility index (Phi) is 8.80. The molecule has 0 radical (unpaired) electrons. The van der Waals surface area contributed by atoms with Gasteiger partial charge < -0.3 is 10.2 Å². The molecule has 0 unspecified atom stereocenters.